The van der Waals surface area contributed by atoms with Crippen molar-refractivity contribution in [2.24, 2.45) is 5.92 Å². The number of rotatable bonds is 4. The van der Waals surface area contributed by atoms with E-state index in [0.717, 1.165) is 26.2 Å². The first-order chi connectivity index (χ1) is 8.31. The van der Waals surface area contributed by atoms with Gasteiger partial charge < -0.3 is 15.2 Å². The van der Waals surface area contributed by atoms with Crippen molar-refractivity contribution >= 4 is 5.82 Å². The van der Waals surface area contributed by atoms with Gasteiger partial charge in [-0.25, -0.2) is 4.98 Å². The third-order valence-corrected chi connectivity index (χ3v) is 3.31. The zero-order chi connectivity index (χ0) is 12.1. The molecule has 0 radical (unpaired) electrons. The maximum atomic E-state index is 11.7. The summed E-state index contributed by atoms with van der Waals surface area (Å²) >= 11 is 0. The largest absolute Gasteiger partial charge is 0.352 e. The van der Waals surface area contributed by atoms with Crippen LogP contribution in [0.4, 0.5) is 5.82 Å². The molecule has 1 aromatic rings. The number of piperidine rings is 1. The molecule has 1 saturated heterocycles. The highest BCUT2D eigenvalue weighted by Gasteiger charge is 2.18. The number of hydrogen-bond acceptors (Lipinski definition) is 4. The molecule has 94 valence electrons. The van der Waals surface area contributed by atoms with Crippen LogP contribution in [-0.4, -0.2) is 36.1 Å². The molecule has 0 atom stereocenters. The molecule has 5 nitrogen and oxygen atoms in total. The summed E-state index contributed by atoms with van der Waals surface area (Å²) in [5.74, 6) is 1.21. The molecule has 0 bridgehead atoms. The Balaban J connectivity index is 2.05. The van der Waals surface area contributed by atoms with Crippen molar-refractivity contribution in [3.05, 3.63) is 22.7 Å². The summed E-state index contributed by atoms with van der Waals surface area (Å²) < 4.78 is 0. The Morgan fingerprint density at radius 2 is 2.24 bits per heavy atom. The van der Waals surface area contributed by atoms with E-state index in [0.29, 0.717) is 11.7 Å². The van der Waals surface area contributed by atoms with E-state index in [2.05, 4.69) is 27.1 Å². The molecule has 2 rings (SSSR count). The van der Waals surface area contributed by atoms with Crippen molar-refractivity contribution in [1.82, 2.24) is 15.3 Å². The van der Waals surface area contributed by atoms with Crippen LogP contribution in [0.1, 0.15) is 19.8 Å². The van der Waals surface area contributed by atoms with E-state index in [4.69, 9.17) is 0 Å². The Labute approximate surface area is 101 Å². The van der Waals surface area contributed by atoms with Crippen LogP contribution >= 0.6 is 0 Å². The fourth-order valence-electron chi connectivity index (χ4n) is 2.31. The van der Waals surface area contributed by atoms with Crippen LogP contribution < -0.4 is 15.8 Å². The molecule has 0 aromatic carbocycles. The van der Waals surface area contributed by atoms with E-state index in [1.807, 2.05) is 0 Å². The number of aromatic nitrogens is 2. The molecule has 17 heavy (non-hydrogen) atoms. The highest BCUT2D eigenvalue weighted by atomic mass is 16.1. The molecule has 1 fully saturated rings. The molecular weight excluding hydrogens is 216 g/mol. The number of nitrogens with zero attached hydrogens (tertiary/aromatic N) is 2. The van der Waals surface area contributed by atoms with E-state index in [1.54, 1.807) is 12.4 Å². The average Bonchev–Trinajstić information content (AvgIpc) is 2.38. The Bertz CT molecular complexity index is 397. The van der Waals surface area contributed by atoms with E-state index < -0.39 is 0 Å². The highest BCUT2D eigenvalue weighted by Crippen LogP contribution is 2.15. The second-order valence-corrected chi connectivity index (χ2v) is 4.47. The summed E-state index contributed by atoms with van der Waals surface area (Å²) in [6.45, 7) is 5.99. The normalized spacial score (nSPS) is 17.0. The minimum Gasteiger partial charge on any atom is -0.352 e. The van der Waals surface area contributed by atoms with Crippen LogP contribution in [0.2, 0.25) is 0 Å². The third kappa shape index (κ3) is 3.06. The molecule has 0 unspecified atom stereocenters. The molecular formula is C12H20N4O. The molecule has 1 aromatic heterocycles. The summed E-state index contributed by atoms with van der Waals surface area (Å²) in [5, 5.41) is 3.36. The quantitative estimate of drug-likeness (QED) is 0.803. The Morgan fingerprint density at radius 3 is 2.88 bits per heavy atom. The van der Waals surface area contributed by atoms with Gasteiger partial charge in [0.25, 0.3) is 5.56 Å². The smallest absolute Gasteiger partial charge is 0.290 e. The van der Waals surface area contributed by atoms with E-state index >= 15 is 0 Å². The predicted octanol–water partition coefficient (Wildman–Crippen LogP) is 0.596. The standard InChI is InChI=1S/C12H20N4O/c1-2-16(9-10-3-5-13-6-4-10)11-12(17)15-8-7-14-11/h7-8,10,13H,2-6,9H2,1H3,(H,15,17). The van der Waals surface area contributed by atoms with Gasteiger partial charge in [-0.05, 0) is 38.8 Å². The fraction of sp³-hybridized carbons (Fsp3) is 0.667. The maximum absolute atomic E-state index is 11.7. The van der Waals surface area contributed by atoms with Crippen molar-refractivity contribution in [3.8, 4) is 0 Å². The fourth-order valence-corrected chi connectivity index (χ4v) is 2.31. The van der Waals surface area contributed by atoms with Gasteiger partial charge in [-0.3, -0.25) is 4.79 Å². The van der Waals surface area contributed by atoms with Gasteiger partial charge >= 0.3 is 0 Å². The lowest BCUT2D eigenvalue weighted by atomic mass is 9.97. The van der Waals surface area contributed by atoms with Crippen molar-refractivity contribution in [3.63, 3.8) is 0 Å². The first-order valence-electron chi connectivity index (χ1n) is 6.30. The summed E-state index contributed by atoms with van der Waals surface area (Å²) in [6, 6.07) is 0. The van der Waals surface area contributed by atoms with Gasteiger partial charge in [-0.15, -0.1) is 0 Å². The minimum absolute atomic E-state index is 0.0942. The number of H-pyrrole nitrogens is 1. The lowest BCUT2D eigenvalue weighted by molar-refractivity contribution is 0.374. The first kappa shape index (κ1) is 12.1. The van der Waals surface area contributed by atoms with Gasteiger partial charge in [-0.1, -0.05) is 0 Å². The Kier molecular flexibility index (Phi) is 4.14. The highest BCUT2D eigenvalue weighted by molar-refractivity contribution is 5.34. The topological polar surface area (TPSA) is 61.0 Å². The number of anilines is 1. The van der Waals surface area contributed by atoms with Gasteiger partial charge in [0.2, 0.25) is 0 Å². The second kappa shape index (κ2) is 5.82. The summed E-state index contributed by atoms with van der Waals surface area (Å²) in [5.41, 5.74) is -0.0942. The van der Waals surface area contributed by atoms with Gasteiger partial charge in [0.05, 0.1) is 0 Å². The Morgan fingerprint density at radius 1 is 1.47 bits per heavy atom. The van der Waals surface area contributed by atoms with Crippen LogP contribution in [0.25, 0.3) is 0 Å². The van der Waals surface area contributed by atoms with Gasteiger partial charge in [-0.2, -0.15) is 0 Å². The Hall–Kier alpha value is -1.36. The van der Waals surface area contributed by atoms with E-state index in [9.17, 15) is 4.79 Å². The third-order valence-electron chi connectivity index (χ3n) is 3.31. The number of hydrogen-bond donors (Lipinski definition) is 2. The van der Waals surface area contributed by atoms with Gasteiger partial charge in [0.1, 0.15) is 0 Å². The SMILES string of the molecule is CCN(CC1CCNCC1)c1ncc[nH]c1=O. The average molecular weight is 236 g/mol. The molecule has 2 heterocycles. The van der Waals surface area contributed by atoms with Crippen LogP contribution in [0.3, 0.4) is 0 Å². The summed E-state index contributed by atoms with van der Waals surface area (Å²) in [4.78, 5) is 20.6. The zero-order valence-corrected chi connectivity index (χ0v) is 10.3. The second-order valence-electron chi connectivity index (χ2n) is 4.47. The first-order valence-corrected chi connectivity index (χ1v) is 6.30. The lowest BCUT2D eigenvalue weighted by Crippen LogP contribution is -2.38. The number of aromatic amines is 1. The van der Waals surface area contributed by atoms with E-state index in [1.165, 1.54) is 12.8 Å². The van der Waals surface area contributed by atoms with Gasteiger partial charge in [0, 0.05) is 25.5 Å². The monoisotopic (exact) mass is 236 g/mol. The predicted molar refractivity (Wildman–Crippen MR) is 68.3 cm³/mol. The van der Waals surface area contributed by atoms with Crippen molar-refractivity contribution < 1.29 is 0 Å². The number of nitrogens with one attached hydrogen (secondary N) is 2. The van der Waals surface area contributed by atoms with Crippen molar-refractivity contribution in [2.75, 3.05) is 31.1 Å². The van der Waals surface area contributed by atoms with Gasteiger partial charge in [0.15, 0.2) is 5.82 Å². The van der Waals surface area contributed by atoms with Crippen molar-refractivity contribution in [2.45, 2.75) is 19.8 Å². The van der Waals surface area contributed by atoms with Crippen LogP contribution in [0.15, 0.2) is 17.2 Å². The summed E-state index contributed by atoms with van der Waals surface area (Å²) in [6.07, 6.45) is 5.58. The molecule has 1 aliphatic heterocycles. The lowest BCUT2D eigenvalue weighted by Gasteiger charge is -2.29. The molecule has 0 amide bonds. The molecule has 0 aliphatic carbocycles. The maximum Gasteiger partial charge on any atom is 0.290 e. The molecule has 0 spiro atoms. The van der Waals surface area contributed by atoms with Crippen LogP contribution in [0.5, 0.6) is 0 Å². The molecule has 2 N–H and O–H groups in total. The van der Waals surface area contributed by atoms with E-state index in [-0.39, 0.29) is 5.56 Å². The molecule has 5 heteroatoms. The molecule has 1 aliphatic rings. The van der Waals surface area contributed by atoms with Crippen molar-refractivity contribution in [1.29, 1.82) is 0 Å². The summed E-state index contributed by atoms with van der Waals surface area (Å²) in [7, 11) is 0. The van der Waals surface area contributed by atoms with Crippen LogP contribution in [0, 0.1) is 5.92 Å². The molecule has 0 saturated carbocycles. The minimum atomic E-state index is -0.0942. The zero-order valence-electron chi connectivity index (χ0n) is 10.3. The van der Waals surface area contributed by atoms with Crippen LogP contribution in [-0.2, 0) is 0 Å².